The average molecular weight is 365 g/mol. The van der Waals surface area contributed by atoms with Gasteiger partial charge in [0.25, 0.3) is 5.56 Å². The van der Waals surface area contributed by atoms with E-state index in [0.29, 0.717) is 22.6 Å². The fourth-order valence-corrected chi connectivity index (χ4v) is 3.55. The largest absolute Gasteiger partial charge is 0.332 e. The van der Waals surface area contributed by atoms with Crippen molar-refractivity contribution in [3.8, 4) is 0 Å². The topological polar surface area (TPSA) is 61.8 Å². The van der Waals surface area contributed by atoms with E-state index < -0.39 is 0 Å². The van der Waals surface area contributed by atoms with Crippen molar-refractivity contribution in [2.24, 2.45) is 21.1 Å². The molecule has 0 unspecified atom stereocenters. The summed E-state index contributed by atoms with van der Waals surface area (Å²) in [7, 11) is 4.92. The third-order valence-corrected chi connectivity index (χ3v) is 5.24. The highest BCUT2D eigenvalue weighted by Crippen LogP contribution is 2.21. The number of imidazole rings is 1. The molecule has 3 aromatic rings. The van der Waals surface area contributed by atoms with Crippen molar-refractivity contribution in [1.29, 1.82) is 0 Å². The van der Waals surface area contributed by atoms with E-state index in [-0.39, 0.29) is 11.2 Å². The first kappa shape index (κ1) is 16.9. The Labute approximate surface area is 147 Å². The summed E-state index contributed by atoms with van der Waals surface area (Å²) in [5, 5.41) is 0.714. The SMILES string of the molecule is Cn1c(=O)c2c(nc(CCSc3ccc(Cl)cc3)n2C)n(C)c1=O. The minimum Gasteiger partial charge on any atom is -0.325 e. The maximum Gasteiger partial charge on any atom is 0.332 e. The number of rotatable bonds is 4. The van der Waals surface area contributed by atoms with Crippen molar-refractivity contribution in [2.45, 2.75) is 11.3 Å². The van der Waals surface area contributed by atoms with Gasteiger partial charge in [-0.1, -0.05) is 11.6 Å². The van der Waals surface area contributed by atoms with Gasteiger partial charge in [0.05, 0.1) is 0 Å². The van der Waals surface area contributed by atoms with Crippen LogP contribution in [0.25, 0.3) is 11.2 Å². The van der Waals surface area contributed by atoms with Crippen LogP contribution < -0.4 is 11.2 Å². The van der Waals surface area contributed by atoms with Crippen molar-refractivity contribution in [3.63, 3.8) is 0 Å². The molecule has 0 radical (unpaired) electrons. The van der Waals surface area contributed by atoms with Crippen LogP contribution in [0.1, 0.15) is 5.82 Å². The molecule has 8 heteroatoms. The molecule has 0 saturated carbocycles. The Morgan fingerprint density at radius 3 is 2.38 bits per heavy atom. The highest BCUT2D eigenvalue weighted by atomic mass is 35.5. The maximum atomic E-state index is 12.3. The second-order valence-corrected chi connectivity index (χ2v) is 7.12. The first-order chi connectivity index (χ1) is 11.4. The predicted octanol–water partition coefficient (Wildman–Crippen LogP) is 1.96. The predicted molar refractivity (Wildman–Crippen MR) is 97.1 cm³/mol. The molecule has 2 aromatic heterocycles. The summed E-state index contributed by atoms with van der Waals surface area (Å²) in [6.45, 7) is 0. The number of aryl methyl sites for hydroxylation is 3. The van der Waals surface area contributed by atoms with Gasteiger partial charge in [0.2, 0.25) is 0 Å². The minimum atomic E-state index is -0.368. The number of fused-ring (bicyclic) bond motifs is 1. The second-order valence-electron chi connectivity index (χ2n) is 5.52. The van der Waals surface area contributed by atoms with Crippen LogP contribution in [0.2, 0.25) is 5.02 Å². The first-order valence-electron chi connectivity index (χ1n) is 7.40. The standard InChI is InChI=1S/C16H17ClN4O2S/c1-19-12(8-9-24-11-6-4-10(17)5-7-11)18-14-13(19)15(22)21(3)16(23)20(14)2/h4-7H,8-9H2,1-3H3. The fraction of sp³-hybridized carbons (Fsp3) is 0.312. The second kappa shape index (κ2) is 6.49. The van der Waals surface area contributed by atoms with Crippen LogP contribution in [0.5, 0.6) is 0 Å². The minimum absolute atomic E-state index is 0.320. The van der Waals surface area contributed by atoms with Gasteiger partial charge in [-0.3, -0.25) is 13.9 Å². The fourth-order valence-electron chi connectivity index (χ4n) is 2.58. The molecule has 0 aliphatic rings. The smallest absolute Gasteiger partial charge is 0.325 e. The third-order valence-electron chi connectivity index (χ3n) is 3.98. The van der Waals surface area contributed by atoms with Crippen LogP contribution in [0.15, 0.2) is 38.8 Å². The normalized spacial score (nSPS) is 11.3. The molecule has 0 aliphatic heterocycles. The van der Waals surface area contributed by atoms with Crippen LogP contribution >= 0.6 is 23.4 Å². The molecular formula is C16H17ClN4O2S. The molecule has 3 rings (SSSR count). The zero-order chi connectivity index (χ0) is 17.4. The van der Waals surface area contributed by atoms with Crippen molar-refractivity contribution in [3.05, 3.63) is 56.0 Å². The third kappa shape index (κ3) is 2.89. The summed E-state index contributed by atoms with van der Waals surface area (Å²) in [4.78, 5) is 30.0. The first-order valence-corrected chi connectivity index (χ1v) is 8.76. The Balaban J connectivity index is 1.88. The number of thioether (sulfide) groups is 1. The Bertz CT molecular complexity index is 1020. The lowest BCUT2D eigenvalue weighted by molar-refractivity contribution is 0.705. The van der Waals surface area contributed by atoms with Gasteiger partial charge in [-0.05, 0) is 24.3 Å². The van der Waals surface area contributed by atoms with E-state index in [1.165, 1.54) is 11.6 Å². The number of benzene rings is 1. The number of hydrogen-bond acceptors (Lipinski definition) is 4. The van der Waals surface area contributed by atoms with Gasteiger partial charge in [0.1, 0.15) is 5.82 Å². The lowest BCUT2D eigenvalue weighted by Gasteiger charge is -2.04. The number of nitrogens with zero attached hydrogens (tertiary/aromatic N) is 4. The Hall–Kier alpha value is -1.99. The van der Waals surface area contributed by atoms with Crippen LogP contribution in [-0.4, -0.2) is 24.4 Å². The lowest BCUT2D eigenvalue weighted by Crippen LogP contribution is -2.37. The highest BCUT2D eigenvalue weighted by molar-refractivity contribution is 7.99. The zero-order valence-corrected chi connectivity index (χ0v) is 15.2. The molecule has 2 heterocycles. The van der Waals surface area contributed by atoms with E-state index in [0.717, 1.165) is 21.0 Å². The van der Waals surface area contributed by atoms with Gasteiger partial charge in [-0.25, -0.2) is 9.78 Å². The van der Waals surface area contributed by atoms with Crippen LogP contribution in [0.3, 0.4) is 0 Å². The van der Waals surface area contributed by atoms with Crippen LogP contribution in [-0.2, 0) is 27.6 Å². The van der Waals surface area contributed by atoms with Gasteiger partial charge in [-0.2, -0.15) is 0 Å². The van der Waals surface area contributed by atoms with Gasteiger partial charge in [-0.15, -0.1) is 11.8 Å². The summed E-state index contributed by atoms with van der Waals surface area (Å²) < 4.78 is 4.29. The molecule has 24 heavy (non-hydrogen) atoms. The highest BCUT2D eigenvalue weighted by Gasteiger charge is 2.16. The van der Waals surface area contributed by atoms with E-state index in [1.54, 1.807) is 23.4 Å². The quantitative estimate of drug-likeness (QED) is 0.664. The Kier molecular flexibility index (Phi) is 4.56. The summed E-state index contributed by atoms with van der Waals surface area (Å²) in [6.07, 6.45) is 0.690. The molecule has 1 aromatic carbocycles. The monoisotopic (exact) mass is 364 g/mol. The molecule has 0 saturated heterocycles. The molecule has 6 nitrogen and oxygen atoms in total. The van der Waals surface area contributed by atoms with E-state index in [4.69, 9.17) is 11.6 Å². The molecule has 0 spiro atoms. The van der Waals surface area contributed by atoms with Gasteiger partial charge in [0.15, 0.2) is 11.2 Å². The van der Waals surface area contributed by atoms with E-state index in [1.807, 2.05) is 31.3 Å². The van der Waals surface area contributed by atoms with Gasteiger partial charge >= 0.3 is 5.69 Å². The van der Waals surface area contributed by atoms with Crippen molar-refractivity contribution in [2.75, 3.05) is 5.75 Å². The molecule has 0 fully saturated rings. The lowest BCUT2D eigenvalue weighted by atomic mass is 10.4. The molecule has 0 N–H and O–H groups in total. The Morgan fingerprint density at radius 2 is 1.71 bits per heavy atom. The van der Waals surface area contributed by atoms with E-state index in [2.05, 4.69) is 4.98 Å². The van der Waals surface area contributed by atoms with Crippen molar-refractivity contribution in [1.82, 2.24) is 18.7 Å². The van der Waals surface area contributed by atoms with Gasteiger partial charge < -0.3 is 4.57 Å². The van der Waals surface area contributed by atoms with Crippen molar-refractivity contribution < 1.29 is 0 Å². The van der Waals surface area contributed by atoms with E-state index >= 15 is 0 Å². The summed E-state index contributed by atoms with van der Waals surface area (Å²) in [5.74, 6) is 1.59. The van der Waals surface area contributed by atoms with Gasteiger partial charge in [0, 0.05) is 43.2 Å². The number of aromatic nitrogens is 4. The molecule has 0 aliphatic carbocycles. The summed E-state index contributed by atoms with van der Waals surface area (Å²) >= 11 is 7.57. The van der Waals surface area contributed by atoms with Crippen molar-refractivity contribution >= 4 is 34.5 Å². The molecule has 0 atom stereocenters. The molecule has 0 bridgehead atoms. The number of halogens is 1. The average Bonchev–Trinajstić information content (AvgIpc) is 2.90. The Morgan fingerprint density at radius 1 is 1.04 bits per heavy atom. The number of hydrogen-bond donors (Lipinski definition) is 0. The molecular weight excluding hydrogens is 348 g/mol. The van der Waals surface area contributed by atoms with E-state index in [9.17, 15) is 9.59 Å². The van der Waals surface area contributed by atoms with Crippen LogP contribution in [0, 0.1) is 0 Å². The molecule has 126 valence electrons. The summed E-state index contributed by atoms with van der Waals surface area (Å²) in [6, 6.07) is 7.67. The zero-order valence-electron chi connectivity index (χ0n) is 13.6. The maximum absolute atomic E-state index is 12.3. The molecule has 0 amide bonds. The summed E-state index contributed by atoms with van der Waals surface area (Å²) in [5.41, 5.74) is 0.190. The van der Waals surface area contributed by atoms with Crippen LogP contribution in [0.4, 0.5) is 0 Å².